The van der Waals surface area contributed by atoms with Crippen LogP contribution in [0.4, 0.5) is 0 Å². The Morgan fingerprint density at radius 3 is 2.40 bits per heavy atom. The molecule has 0 unspecified atom stereocenters. The molecule has 0 bridgehead atoms. The van der Waals surface area contributed by atoms with Crippen LogP contribution in [0.1, 0.15) is 12.0 Å². The second-order valence-corrected chi connectivity index (χ2v) is 4.03. The Morgan fingerprint density at radius 2 is 1.80 bits per heavy atom. The Balaban J connectivity index is 2.37. The number of aliphatic hydroxyl groups is 2. The summed E-state index contributed by atoms with van der Waals surface area (Å²) in [6.07, 6.45) is 3.03. The van der Waals surface area contributed by atoms with Gasteiger partial charge in [-0.2, -0.15) is 0 Å². The quantitative estimate of drug-likeness (QED) is 0.716. The molecule has 15 heavy (non-hydrogen) atoms. The number of benzene rings is 1. The normalized spacial score (nSPS) is 19.4. The van der Waals surface area contributed by atoms with Crippen molar-refractivity contribution in [3.05, 3.63) is 53.1 Å². The lowest BCUT2D eigenvalue weighted by atomic mass is 9.96. The molecule has 2 rings (SSSR count). The molecular weight excluding hydrogens is 212 g/mol. The summed E-state index contributed by atoms with van der Waals surface area (Å²) in [5.74, 6) is -1.81. The predicted octanol–water partition coefficient (Wildman–Crippen LogP) is 2.28. The standard InChI is InChI=1S/C12H11ClO2/c13-11-8-12(14,15)7-6-10(11)9-4-2-1-3-5-9/h1-7,14-15H,8H2. The summed E-state index contributed by atoms with van der Waals surface area (Å²) in [6, 6.07) is 9.63. The minimum Gasteiger partial charge on any atom is -0.362 e. The third-order valence-corrected chi connectivity index (χ3v) is 2.65. The van der Waals surface area contributed by atoms with Gasteiger partial charge in [0.05, 0.1) is 0 Å². The van der Waals surface area contributed by atoms with Crippen molar-refractivity contribution in [2.45, 2.75) is 12.2 Å². The van der Waals surface area contributed by atoms with E-state index >= 15 is 0 Å². The SMILES string of the molecule is OC1(O)C=CC(c2ccccc2)=C(Cl)C1. The highest BCUT2D eigenvalue weighted by Gasteiger charge is 2.25. The van der Waals surface area contributed by atoms with Crippen LogP contribution in [0.15, 0.2) is 47.5 Å². The van der Waals surface area contributed by atoms with Gasteiger partial charge >= 0.3 is 0 Å². The van der Waals surface area contributed by atoms with Crippen molar-refractivity contribution in [1.29, 1.82) is 0 Å². The Kier molecular flexibility index (Phi) is 2.65. The van der Waals surface area contributed by atoms with E-state index in [9.17, 15) is 10.2 Å². The van der Waals surface area contributed by atoms with E-state index in [2.05, 4.69) is 0 Å². The van der Waals surface area contributed by atoms with E-state index in [1.165, 1.54) is 6.08 Å². The molecule has 1 aromatic rings. The van der Waals surface area contributed by atoms with Gasteiger partial charge in [0.2, 0.25) is 0 Å². The fourth-order valence-corrected chi connectivity index (χ4v) is 1.93. The topological polar surface area (TPSA) is 40.5 Å². The van der Waals surface area contributed by atoms with Gasteiger partial charge < -0.3 is 10.2 Å². The van der Waals surface area contributed by atoms with Crippen LogP contribution in [0.25, 0.3) is 5.57 Å². The predicted molar refractivity (Wildman–Crippen MR) is 60.1 cm³/mol. The maximum absolute atomic E-state index is 9.36. The third kappa shape index (κ3) is 2.29. The molecule has 1 aliphatic carbocycles. The fourth-order valence-electron chi connectivity index (χ4n) is 1.56. The van der Waals surface area contributed by atoms with Crippen LogP contribution in [-0.2, 0) is 0 Å². The van der Waals surface area contributed by atoms with E-state index in [4.69, 9.17) is 11.6 Å². The van der Waals surface area contributed by atoms with E-state index < -0.39 is 5.79 Å². The molecule has 0 amide bonds. The molecule has 0 saturated carbocycles. The van der Waals surface area contributed by atoms with Gasteiger partial charge in [0.15, 0.2) is 5.79 Å². The van der Waals surface area contributed by atoms with Crippen molar-refractivity contribution in [2.24, 2.45) is 0 Å². The number of halogens is 1. The van der Waals surface area contributed by atoms with Gasteiger partial charge in [-0.05, 0) is 17.2 Å². The first-order valence-corrected chi connectivity index (χ1v) is 5.04. The maximum atomic E-state index is 9.36. The van der Waals surface area contributed by atoms with Crippen LogP contribution in [0.3, 0.4) is 0 Å². The highest BCUT2D eigenvalue weighted by molar-refractivity contribution is 6.33. The Bertz CT molecular complexity index is 419. The molecule has 1 aliphatic rings. The molecule has 0 atom stereocenters. The minimum atomic E-state index is -1.81. The molecule has 0 heterocycles. The van der Waals surface area contributed by atoms with Gasteiger partial charge in [0.1, 0.15) is 0 Å². The Hall–Kier alpha value is -1.09. The van der Waals surface area contributed by atoms with E-state index in [-0.39, 0.29) is 6.42 Å². The fraction of sp³-hybridized carbons (Fsp3) is 0.167. The van der Waals surface area contributed by atoms with Crippen molar-refractivity contribution < 1.29 is 10.2 Å². The molecule has 0 aromatic heterocycles. The molecule has 0 spiro atoms. The van der Waals surface area contributed by atoms with Crippen molar-refractivity contribution >= 4 is 17.2 Å². The smallest absolute Gasteiger partial charge is 0.187 e. The van der Waals surface area contributed by atoms with Crippen LogP contribution < -0.4 is 0 Å². The monoisotopic (exact) mass is 222 g/mol. The van der Waals surface area contributed by atoms with E-state index in [0.29, 0.717) is 5.03 Å². The van der Waals surface area contributed by atoms with Gasteiger partial charge in [0.25, 0.3) is 0 Å². The molecule has 0 saturated heterocycles. The van der Waals surface area contributed by atoms with Crippen LogP contribution >= 0.6 is 11.6 Å². The summed E-state index contributed by atoms with van der Waals surface area (Å²) < 4.78 is 0. The lowest BCUT2D eigenvalue weighted by Gasteiger charge is -2.22. The largest absolute Gasteiger partial charge is 0.362 e. The maximum Gasteiger partial charge on any atom is 0.187 e. The first-order chi connectivity index (χ1) is 7.08. The van der Waals surface area contributed by atoms with E-state index in [1.54, 1.807) is 6.08 Å². The lowest BCUT2D eigenvalue weighted by Crippen LogP contribution is -2.26. The zero-order valence-electron chi connectivity index (χ0n) is 8.02. The molecule has 0 aliphatic heterocycles. The van der Waals surface area contributed by atoms with Crippen molar-refractivity contribution in [2.75, 3.05) is 0 Å². The number of hydrogen-bond donors (Lipinski definition) is 2. The number of allylic oxidation sites excluding steroid dienone is 2. The van der Waals surface area contributed by atoms with Crippen molar-refractivity contribution in [3.63, 3.8) is 0 Å². The van der Waals surface area contributed by atoms with Gasteiger partial charge in [-0.1, -0.05) is 48.0 Å². The van der Waals surface area contributed by atoms with Crippen LogP contribution in [0, 0.1) is 0 Å². The summed E-state index contributed by atoms with van der Waals surface area (Å²) in [6.45, 7) is 0. The van der Waals surface area contributed by atoms with E-state index in [1.807, 2.05) is 30.3 Å². The van der Waals surface area contributed by atoms with E-state index in [0.717, 1.165) is 11.1 Å². The van der Waals surface area contributed by atoms with Crippen LogP contribution in [-0.4, -0.2) is 16.0 Å². The highest BCUT2D eigenvalue weighted by atomic mass is 35.5. The van der Waals surface area contributed by atoms with Gasteiger partial charge in [-0.25, -0.2) is 0 Å². The Labute approximate surface area is 93.1 Å². The molecule has 0 radical (unpaired) electrons. The summed E-state index contributed by atoms with van der Waals surface area (Å²) in [5, 5.41) is 19.2. The van der Waals surface area contributed by atoms with Gasteiger partial charge in [-0.15, -0.1) is 0 Å². The summed E-state index contributed by atoms with van der Waals surface area (Å²) >= 11 is 6.01. The van der Waals surface area contributed by atoms with Crippen molar-refractivity contribution in [3.8, 4) is 0 Å². The molecular formula is C12H11ClO2. The summed E-state index contributed by atoms with van der Waals surface area (Å²) in [5.41, 5.74) is 1.82. The third-order valence-electron chi connectivity index (χ3n) is 2.31. The Morgan fingerprint density at radius 1 is 1.13 bits per heavy atom. The molecule has 2 N–H and O–H groups in total. The number of hydrogen-bond acceptors (Lipinski definition) is 2. The average Bonchev–Trinajstić information content (AvgIpc) is 2.17. The molecule has 3 heteroatoms. The van der Waals surface area contributed by atoms with Crippen molar-refractivity contribution in [1.82, 2.24) is 0 Å². The zero-order valence-corrected chi connectivity index (χ0v) is 8.78. The summed E-state index contributed by atoms with van der Waals surface area (Å²) in [4.78, 5) is 0. The molecule has 2 nitrogen and oxygen atoms in total. The second kappa shape index (κ2) is 3.81. The lowest BCUT2D eigenvalue weighted by molar-refractivity contribution is -0.115. The summed E-state index contributed by atoms with van der Waals surface area (Å²) in [7, 11) is 0. The van der Waals surface area contributed by atoms with Gasteiger partial charge in [0, 0.05) is 11.5 Å². The zero-order chi connectivity index (χ0) is 10.9. The second-order valence-electron chi connectivity index (χ2n) is 3.57. The average molecular weight is 223 g/mol. The first kappa shape index (κ1) is 10.4. The van der Waals surface area contributed by atoms with Gasteiger partial charge in [-0.3, -0.25) is 0 Å². The molecule has 0 fully saturated rings. The highest BCUT2D eigenvalue weighted by Crippen LogP contribution is 2.33. The van der Waals surface area contributed by atoms with Crippen LogP contribution in [0.2, 0.25) is 0 Å². The molecule has 78 valence electrons. The minimum absolute atomic E-state index is 0.0370. The number of rotatable bonds is 1. The molecule has 1 aromatic carbocycles. The first-order valence-electron chi connectivity index (χ1n) is 4.66. The van der Waals surface area contributed by atoms with Crippen LogP contribution in [0.5, 0.6) is 0 Å².